The van der Waals surface area contributed by atoms with Gasteiger partial charge in [0, 0.05) is 19.3 Å². The van der Waals surface area contributed by atoms with E-state index in [4.69, 9.17) is 15.9 Å². The lowest BCUT2D eigenvalue weighted by Gasteiger charge is -2.30. The second-order valence-corrected chi connectivity index (χ2v) is 6.77. The first-order chi connectivity index (χ1) is 10.3. The third kappa shape index (κ3) is 6.01. The summed E-state index contributed by atoms with van der Waals surface area (Å²) < 4.78 is 12.0. The SMILES string of the molecule is C#CCCCCCCC1(CCC2CCCCC2)OCCO1. The van der Waals surface area contributed by atoms with Crippen molar-refractivity contribution in [2.75, 3.05) is 13.2 Å². The lowest BCUT2D eigenvalue weighted by molar-refractivity contribution is -0.170. The van der Waals surface area contributed by atoms with Crippen molar-refractivity contribution < 1.29 is 9.47 Å². The molecule has 0 aromatic rings. The molecular weight excluding hydrogens is 260 g/mol. The zero-order chi connectivity index (χ0) is 14.8. The summed E-state index contributed by atoms with van der Waals surface area (Å²) in [6, 6.07) is 0. The maximum Gasteiger partial charge on any atom is 0.168 e. The van der Waals surface area contributed by atoms with E-state index in [0.717, 1.165) is 44.8 Å². The van der Waals surface area contributed by atoms with Crippen LogP contribution in [0.4, 0.5) is 0 Å². The average molecular weight is 292 g/mol. The molecule has 1 aliphatic carbocycles. The summed E-state index contributed by atoms with van der Waals surface area (Å²) in [4.78, 5) is 0. The van der Waals surface area contributed by atoms with Gasteiger partial charge in [0.2, 0.25) is 0 Å². The predicted octanol–water partition coefficient (Wildman–Crippen LogP) is 5.06. The van der Waals surface area contributed by atoms with Gasteiger partial charge in [0.1, 0.15) is 0 Å². The molecule has 2 heteroatoms. The van der Waals surface area contributed by atoms with Crippen LogP contribution >= 0.6 is 0 Å². The van der Waals surface area contributed by atoms with Gasteiger partial charge >= 0.3 is 0 Å². The van der Waals surface area contributed by atoms with E-state index in [1.54, 1.807) is 0 Å². The highest BCUT2D eigenvalue weighted by molar-refractivity contribution is 4.83. The van der Waals surface area contributed by atoms with Gasteiger partial charge in [-0.2, -0.15) is 0 Å². The minimum absolute atomic E-state index is 0.246. The quantitative estimate of drug-likeness (QED) is 0.436. The van der Waals surface area contributed by atoms with Gasteiger partial charge in [0.15, 0.2) is 5.79 Å². The molecule has 1 aliphatic heterocycles. The third-order valence-electron chi connectivity index (χ3n) is 5.10. The van der Waals surface area contributed by atoms with Gasteiger partial charge in [0.25, 0.3) is 0 Å². The van der Waals surface area contributed by atoms with Gasteiger partial charge in [-0.1, -0.05) is 44.9 Å². The van der Waals surface area contributed by atoms with E-state index in [-0.39, 0.29) is 5.79 Å². The van der Waals surface area contributed by atoms with Crippen LogP contribution < -0.4 is 0 Å². The van der Waals surface area contributed by atoms with Gasteiger partial charge in [-0.05, 0) is 25.2 Å². The molecule has 0 N–H and O–H groups in total. The summed E-state index contributed by atoms with van der Waals surface area (Å²) in [6.07, 6.45) is 21.6. The molecular formula is C19H32O2. The molecule has 2 aliphatic rings. The average Bonchev–Trinajstić information content (AvgIpc) is 2.99. The summed E-state index contributed by atoms with van der Waals surface area (Å²) >= 11 is 0. The van der Waals surface area contributed by atoms with E-state index in [1.807, 2.05) is 0 Å². The van der Waals surface area contributed by atoms with Crippen LogP contribution in [0.3, 0.4) is 0 Å². The van der Waals surface area contributed by atoms with E-state index >= 15 is 0 Å². The van der Waals surface area contributed by atoms with Crippen molar-refractivity contribution in [2.45, 2.75) is 89.3 Å². The first-order valence-corrected chi connectivity index (χ1v) is 9.06. The number of hydrogen-bond donors (Lipinski definition) is 0. The summed E-state index contributed by atoms with van der Waals surface area (Å²) in [5.41, 5.74) is 0. The summed E-state index contributed by atoms with van der Waals surface area (Å²) in [5.74, 6) is 3.38. The van der Waals surface area contributed by atoms with Crippen LogP contribution in [-0.4, -0.2) is 19.0 Å². The highest BCUT2D eigenvalue weighted by Crippen LogP contribution is 2.35. The highest BCUT2D eigenvalue weighted by Gasteiger charge is 2.36. The number of terminal acetylenes is 1. The second kappa shape index (κ2) is 9.49. The Balaban J connectivity index is 1.65. The van der Waals surface area contributed by atoms with Gasteiger partial charge in [-0.15, -0.1) is 12.3 Å². The van der Waals surface area contributed by atoms with Crippen LogP contribution in [0.25, 0.3) is 0 Å². The minimum atomic E-state index is -0.246. The Bertz CT molecular complexity index is 306. The van der Waals surface area contributed by atoms with Crippen molar-refractivity contribution in [2.24, 2.45) is 5.92 Å². The molecule has 1 saturated carbocycles. The van der Waals surface area contributed by atoms with E-state index in [0.29, 0.717) is 0 Å². The molecule has 0 unspecified atom stereocenters. The highest BCUT2D eigenvalue weighted by atomic mass is 16.7. The fraction of sp³-hybridized carbons (Fsp3) is 0.895. The van der Waals surface area contributed by atoms with Crippen molar-refractivity contribution >= 4 is 0 Å². The van der Waals surface area contributed by atoms with Gasteiger partial charge < -0.3 is 9.47 Å². The maximum absolute atomic E-state index is 6.00. The van der Waals surface area contributed by atoms with Crippen molar-refractivity contribution in [1.82, 2.24) is 0 Å². The Morgan fingerprint density at radius 1 is 0.905 bits per heavy atom. The molecule has 0 atom stereocenters. The standard InChI is InChI=1S/C19H32O2/c1-2-3-4-5-6-10-14-19(20-16-17-21-19)15-13-18-11-8-7-9-12-18/h1,18H,3-17H2. The normalized spacial score (nSPS) is 22.2. The summed E-state index contributed by atoms with van der Waals surface area (Å²) in [7, 11) is 0. The zero-order valence-electron chi connectivity index (χ0n) is 13.6. The lowest BCUT2D eigenvalue weighted by Crippen LogP contribution is -2.31. The van der Waals surface area contributed by atoms with Gasteiger partial charge in [-0.25, -0.2) is 0 Å². The van der Waals surface area contributed by atoms with Gasteiger partial charge in [0.05, 0.1) is 13.2 Å². The molecule has 1 saturated heterocycles. The zero-order valence-corrected chi connectivity index (χ0v) is 13.6. The Kier molecular flexibility index (Phi) is 7.61. The molecule has 0 aromatic heterocycles. The molecule has 0 bridgehead atoms. The Morgan fingerprint density at radius 3 is 2.33 bits per heavy atom. The summed E-state index contributed by atoms with van der Waals surface area (Å²) in [6.45, 7) is 1.56. The molecule has 2 nitrogen and oxygen atoms in total. The van der Waals surface area contributed by atoms with Crippen molar-refractivity contribution in [3.05, 3.63) is 0 Å². The van der Waals surface area contributed by atoms with E-state index in [1.165, 1.54) is 57.8 Å². The molecule has 2 fully saturated rings. The van der Waals surface area contributed by atoms with Crippen molar-refractivity contribution in [3.8, 4) is 12.3 Å². The molecule has 0 radical (unpaired) electrons. The van der Waals surface area contributed by atoms with Crippen LogP contribution in [-0.2, 0) is 9.47 Å². The van der Waals surface area contributed by atoms with E-state index < -0.39 is 0 Å². The molecule has 1 heterocycles. The van der Waals surface area contributed by atoms with Crippen LogP contribution in [0.15, 0.2) is 0 Å². The monoisotopic (exact) mass is 292 g/mol. The van der Waals surface area contributed by atoms with Crippen molar-refractivity contribution in [3.63, 3.8) is 0 Å². The molecule has 21 heavy (non-hydrogen) atoms. The van der Waals surface area contributed by atoms with Crippen LogP contribution in [0.2, 0.25) is 0 Å². The molecule has 120 valence electrons. The first kappa shape index (κ1) is 16.8. The fourth-order valence-corrected chi connectivity index (χ4v) is 3.79. The van der Waals surface area contributed by atoms with Crippen LogP contribution in [0.1, 0.15) is 83.5 Å². The lowest BCUT2D eigenvalue weighted by atomic mass is 9.84. The Hall–Kier alpha value is -0.520. The smallest absolute Gasteiger partial charge is 0.168 e. The topological polar surface area (TPSA) is 18.5 Å². The number of hydrogen-bond acceptors (Lipinski definition) is 2. The molecule has 0 aromatic carbocycles. The second-order valence-electron chi connectivity index (χ2n) is 6.77. The molecule has 2 rings (SSSR count). The van der Waals surface area contributed by atoms with Crippen LogP contribution in [0, 0.1) is 18.3 Å². The third-order valence-corrected chi connectivity index (χ3v) is 5.10. The van der Waals surface area contributed by atoms with Crippen molar-refractivity contribution in [1.29, 1.82) is 0 Å². The number of ether oxygens (including phenoxy) is 2. The van der Waals surface area contributed by atoms with E-state index in [2.05, 4.69) is 5.92 Å². The predicted molar refractivity (Wildman–Crippen MR) is 87.0 cm³/mol. The van der Waals surface area contributed by atoms with Gasteiger partial charge in [-0.3, -0.25) is 0 Å². The maximum atomic E-state index is 6.00. The number of unbranched alkanes of at least 4 members (excludes halogenated alkanes) is 4. The fourth-order valence-electron chi connectivity index (χ4n) is 3.79. The Morgan fingerprint density at radius 2 is 1.62 bits per heavy atom. The molecule has 0 spiro atoms. The Labute approximate surface area is 131 Å². The largest absolute Gasteiger partial charge is 0.348 e. The van der Waals surface area contributed by atoms with Crippen LogP contribution in [0.5, 0.6) is 0 Å². The minimum Gasteiger partial charge on any atom is -0.348 e. The first-order valence-electron chi connectivity index (χ1n) is 9.06. The summed E-state index contributed by atoms with van der Waals surface area (Å²) in [5, 5.41) is 0. The van der Waals surface area contributed by atoms with E-state index in [9.17, 15) is 0 Å². The molecule has 0 amide bonds. The number of rotatable bonds is 9.